The van der Waals surface area contributed by atoms with Crippen LogP contribution >= 0.6 is 7.47 Å². The standard InChI is InChI=1S/C19H36PSi.3ClH.Cr/c1-14-15(2)19(9,10)13-16(14)21(11,12)20(17(3,4)5)18(6,7)8;;;;/h1-12H3;3*1H;/q-1;;;;+4/p-3. The predicted octanol–water partition coefficient (Wildman–Crippen LogP) is -2.08. The summed E-state index contributed by atoms with van der Waals surface area (Å²) in [5.41, 5.74) is 3.19. The first-order chi connectivity index (χ1) is 9.03. The van der Waals surface area contributed by atoms with Crippen LogP contribution in [0.15, 0.2) is 16.3 Å². The summed E-state index contributed by atoms with van der Waals surface area (Å²) in [6.45, 7) is 29.2. The summed E-state index contributed by atoms with van der Waals surface area (Å²) in [6, 6.07) is 0. The Labute approximate surface area is 189 Å². The number of hydrogen-bond donors (Lipinski definition) is 0. The molecule has 148 valence electrons. The van der Waals surface area contributed by atoms with E-state index < -0.39 is 7.74 Å². The van der Waals surface area contributed by atoms with E-state index in [0.29, 0.717) is 10.3 Å². The molecule has 0 aromatic heterocycles. The van der Waals surface area contributed by atoms with Gasteiger partial charge in [-0.25, -0.2) is 10.8 Å². The summed E-state index contributed by atoms with van der Waals surface area (Å²) in [7, 11) is -1.63. The molecule has 1 rings (SSSR count). The second-order valence-electron chi connectivity index (χ2n) is 9.61. The monoisotopic (exact) mass is 480 g/mol. The van der Waals surface area contributed by atoms with Crippen LogP contribution in [0.1, 0.15) is 69.2 Å². The van der Waals surface area contributed by atoms with Crippen LogP contribution < -0.4 is 37.2 Å². The normalized spacial score (nSPS) is 17.1. The van der Waals surface area contributed by atoms with E-state index in [4.69, 9.17) is 0 Å². The van der Waals surface area contributed by atoms with Gasteiger partial charge in [-0.3, -0.25) is 6.08 Å². The first-order valence-corrected chi connectivity index (χ1v) is 13.4. The van der Waals surface area contributed by atoms with E-state index >= 15 is 0 Å². The summed E-state index contributed by atoms with van der Waals surface area (Å²) in [5.74, 6) is 0. The van der Waals surface area contributed by atoms with Gasteiger partial charge in [-0.2, -0.15) is 5.57 Å². The second-order valence-corrected chi connectivity index (χ2v) is 21.3. The summed E-state index contributed by atoms with van der Waals surface area (Å²) < 4.78 is 0. The van der Waals surface area contributed by atoms with Crippen LogP contribution in [0.25, 0.3) is 0 Å². The number of rotatable bonds is 2. The van der Waals surface area contributed by atoms with Crippen LogP contribution in [0, 0.1) is 11.5 Å². The summed E-state index contributed by atoms with van der Waals surface area (Å²) in [5, 5.41) is 2.39. The van der Waals surface area contributed by atoms with E-state index in [1.807, 2.05) is 0 Å². The maximum absolute atomic E-state index is 3.92. The molecule has 0 aliphatic heterocycles. The van der Waals surface area contributed by atoms with Crippen molar-refractivity contribution < 1.29 is 54.6 Å². The molecule has 0 spiro atoms. The number of halogens is 3. The van der Waals surface area contributed by atoms with Crippen molar-refractivity contribution in [2.75, 3.05) is 0 Å². The molecule has 0 saturated heterocycles. The van der Waals surface area contributed by atoms with Crippen molar-refractivity contribution in [3.8, 4) is 0 Å². The fourth-order valence-corrected chi connectivity index (χ4v) is 23.3. The first kappa shape index (κ1) is 34.1. The van der Waals surface area contributed by atoms with Crippen LogP contribution in [0.2, 0.25) is 13.1 Å². The molecule has 0 amide bonds. The van der Waals surface area contributed by atoms with Crippen LogP contribution in [-0.2, 0) is 17.4 Å². The largest absolute Gasteiger partial charge is 4.00 e. The van der Waals surface area contributed by atoms with Gasteiger partial charge in [0.1, 0.15) is 0 Å². The third kappa shape index (κ3) is 7.13. The molecule has 0 N–H and O–H groups in total. The van der Waals surface area contributed by atoms with Gasteiger partial charge in [-0.1, -0.05) is 80.8 Å². The van der Waals surface area contributed by atoms with Gasteiger partial charge in [0.05, 0.1) is 7.74 Å². The molecular formula is C19H36Cl3CrPSi. The van der Waals surface area contributed by atoms with Crippen LogP contribution in [0.3, 0.4) is 0 Å². The Hall–Kier alpha value is 1.53. The number of hydrogen-bond acceptors (Lipinski definition) is 0. The minimum atomic E-state index is -1.55. The van der Waals surface area contributed by atoms with Crippen molar-refractivity contribution in [2.45, 2.75) is 92.6 Å². The zero-order chi connectivity index (χ0) is 17.0. The Bertz CT molecular complexity index is 484. The van der Waals surface area contributed by atoms with Gasteiger partial charge in [0.25, 0.3) is 0 Å². The zero-order valence-electron chi connectivity index (χ0n) is 18.0. The van der Waals surface area contributed by atoms with E-state index in [2.05, 4.69) is 88.4 Å². The third-order valence-electron chi connectivity index (χ3n) is 4.82. The van der Waals surface area contributed by atoms with E-state index in [-0.39, 0.29) is 67.5 Å². The number of allylic oxidation sites excluding steroid dienone is 4. The molecule has 0 nitrogen and oxygen atoms in total. The minimum absolute atomic E-state index is 0. The van der Waals surface area contributed by atoms with Gasteiger partial charge in [0.15, 0.2) is 0 Å². The average molecular weight is 482 g/mol. The molecule has 0 aromatic rings. The van der Waals surface area contributed by atoms with Gasteiger partial charge in [-0.15, -0.1) is 14.4 Å². The van der Waals surface area contributed by atoms with Crippen molar-refractivity contribution in [3.63, 3.8) is 0 Å². The molecule has 0 fully saturated rings. The molecule has 0 saturated carbocycles. The molecule has 0 aromatic carbocycles. The average Bonchev–Trinajstić information content (AvgIpc) is 2.37. The molecular weight excluding hydrogens is 446 g/mol. The van der Waals surface area contributed by atoms with E-state index in [1.54, 1.807) is 5.20 Å². The Kier molecular flexibility index (Phi) is 14.1. The Morgan fingerprint density at radius 3 is 1.36 bits per heavy atom. The molecule has 6 heteroatoms. The van der Waals surface area contributed by atoms with Crippen LogP contribution in [-0.4, -0.2) is 18.1 Å². The predicted molar refractivity (Wildman–Crippen MR) is 103 cm³/mol. The van der Waals surface area contributed by atoms with E-state index in [9.17, 15) is 0 Å². The molecule has 0 heterocycles. The quantitative estimate of drug-likeness (QED) is 0.241. The molecule has 0 bridgehead atoms. The first-order valence-electron chi connectivity index (χ1n) is 8.17. The van der Waals surface area contributed by atoms with Gasteiger partial charge in [0.2, 0.25) is 0 Å². The van der Waals surface area contributed by atoms with Crippen LogP contribution in [0.4, 0.5) is 0 Å². The molecule has 0 atom stereocenters. The molecule has 1 aliphatic rings. The van der Waals surface area contributed by atoms with Gasteiger partial charge in [0, 0.05) is 0 Å². The van der Waals surface area contributed by atoms with Crippen molar-refractivity contribution >= 4 is 15.2 Å². The summed E-state index contributed by atoms with van der Waals surface area (Å²) >= 11 is 0. The fraction of sp³-hybridized carbons (Fsp3) is 0.789. The molecule has 0 radical (unpaired) electrons. The zero-order valence-corrected chi connectivity index (χ0v) is 23.4. The SMILES string of the molecule is CC1=C(C)C(C)(C)[C-]=C1[Si](C)(C)P(C(C)(C)C)C(C)(C)C.[Cl-].[Cl-].[Cl-].[Cr+4]. The maximum atomic E-state index is 3.92. The Balaban J connectivity index is -0.000000551. The molecule has 25 heavy (non-hydrogen) atoms. The third-order valence-corrected chi connectivity index (χ3v) is 18.4. The van der Waals surface area contributed by atoms with E-state index in [0.717, 1.165) is 0 Å². The van der Waals surface area contributed by atoms with Crippen molar-refractivity contribution in [3.05, 3.63) is 22.4 Å². The van der Waals surface area contributed by atoms with Crippen molar-refractivity contribution in [1.82, 2.24) is 0 Å². The van der Waals surface area contributed by atoms with Gasteiger partial charge < -0.3 is 37.2 Å². The Morgan fingerprint density at radius 1 is 0.840 bits per heavy atom. The topological polar surface area (TPSA) is 0 Å². The maximum Gasteiger partial charge on any atom is 4.00 e. The summed E-state index contributed by atoms with van der Waals surface area (Å²) in [6.07, 6.45) is 3.92. The van der Waals surface area contributed by atoms with Gasteiger partial charge in [-0.05, 0) is 10.3 Å². The van der Waals surface area contributed by atoms with Crippen molar-refractivity contribution in [1.29, 1.82) is 0 Å². The molecule has 0 unspecified atom stereocenters. The Morgan fingerprint density at radius 2 is 1.16 bits per heavy atom. The van der Waals surface area contributed by atoms with Crippen LogP contribution in [0.5, 0.6) is 0 Å². The minimum Gasteiger partial charge on any atom is -1.00 e. The molecule has 1 aliphatic carbocycles. The summed E-state index contributed by atoms with van der Waals surface area (Å²) in [4.78, 5) is 0. The fourth-order valence-electron chi connectivity index (χ4n) is 4.56. The van der Waals surface area contributed by atoms with Crippen molar-refractivity contribution in [2.24, 2.45) is 5.41 Å². The van der Waals surface area contributed by atoms with E-state index in [1.165, 1.54) is 11.1 Å². The second kappa shape index (κ2) is 10.3. The smallest absolute Gasteiger partial charge is 1.00 e. The van der Waals surface area contributed by atoms with Gasteiger partial charge >= 0.3 is 17.4 Å².